The average Bonchev–Trinajstić information content (AvgIpc) is 2.89. The van der Waals surface area contributed by atoms with Crippen LogP contribution in [0, 0.1) is 5.92 Å². The minimum absolute atomic E-state index is 0. The Balaban J connectivity index is 0.00000337. The highest BCUT2D eigenvalue weighted by atomic mass is 19.1. The van der Waals surface area contributed by atoms with Crippen LogP contribution in [0.5, 0.6) is 11.5 Å². The molecule has 208 valence electrons. The van der Waals surface area contributed by atoms with E-state index in [1.165, 1.54) is 33.4 Å². The van der Waals surface area contributed by atoms with E-state index in [1.807, 2.05) is 12.1 Å². The molecule has 1 unspecified atom stereocenters. The second kappa shape index (κ2) is 11.4. The van der Waals surface area contributed by atoms with Gasteiger partial charge in [0.1, 0.15) is 30.0 Å². The van der Waals surface area contributed by atoms with E-state index in [2.05, 4.69) is 72.5 Å². The third-order valence-electron chi connectivity index (χ3n) is 8.30. The van der Waals surface area contributed by atoms with Gasteiger partial charge in [0.15, 0.2) is 0 Å². The van der Waals surface area contributed by atoms with Gasteiger partial charge in [-0.3, -0.25) is 14.1 Å². The molecule has 1 fully saturated rings. The number of Topliss-reactive ketones (excluding diaryl/α,β-unsaturated/α-hetero) is 1. The molecule has 2 aliphatic heterocycles. The molecule has 0 saturated carbocycles. The Morgan fingerprint density at radius 3 is 2.65 bits per heavy atom. The Kier molecular flexibility index (Phi) is 7.57. The lowest BCUT2D eigenvalue weighted by Crippen LogP contribution is -2.49. The number of ketones is 1. The molecule has 2 aromatic carbocycles. The van der Waals surface area contributed by atoms with Crippen LogP contribution in [-0.4, -0.2) is 43.6 Å². The summed E-state index contributed by atoms with van der Waals surface area (Å²) >= 11 is 0. The Bertz CT molecular complexity index is 1460. The molecule has 4 nitrogen and oxygen atoms in total. The molecule has 0 spiro atoms. The lowest BCUT2D eigenvalue weighted by atomic mass is 9.80. The number of halogens is 1. The number of carbonyl (C=O) groups is 1. The number of nitrogens with zero attached hydrogens (tertiary/aromatic N) is 1. The van der Waals surface area contributed by atoms with Crippen molar-refractivity contribution in [2.24, 2.45) is 5.92 Å². The molecule has 0 bridgehead atoms. The summed E-state index contributed by atoms with van der Waals surface area (Å²) in [5.74, 6) is 2.09. The quantitative estimate of drug-likeness (QED) is 0.290. The fraction of sp³-hybridized carbons (Fsp3) is 0.343. The molecule has 1 atom stereocenters. The average molecular weight is 540 g/mol. The predicted octanol–water partition coefficient (Wildman–Crippen LogP) is 7.70. The zero-order valence-electron chi connectivity index (χ0n) is 23.3. The molecular weight excluding hydrogens is 501 g/mol. The van der Waals surface area contributed by atoms with Gasteiger partial charge in [-0.2, -0.15) is 0 Å². The molecule has 2 aromatic rings. The lowest BCUT2D eigenvalue weighted by Gasteiger charge is -2.37. The van der Waals surface area contributed by atoms with Crippen molar-refractivity contribution < 1.29 is 20.1 Å². The van der Waals surface area contributed by atoms with Gasteiger partial charge in [0.05, 0.1) is 6.67 Å². The molecule has 6 rings (SSSR count). The first-order chi connectivity index (χ1) is 19.5. The molecule has 0 amide bonds. The van der Waals surface area contributed by atoms with Crippen LogP contribution >= 0.6 is 0 Å². The molecule has 40 heavy (non-hydrogen) atoms. The fourth-order valence-electron chi connectivity index (χ4n) is 6.07. The van der Waals surface area contributed by atoms with Gasteiger partial charge in [-0.1, -0.05) is 54.2 Å². The van der Waals surface area contributed by atoms with Gasteiger partial charge in [-0.25, -0.2) is 0 Å². The van der Waals surface area contributed by atoms with Crippen molar-refractivity contribution in [2.75, 3.05) is 32.9 Å². The van der Waals surface area contributed by atoms with E-state index in [-0.39, 0.29) is 25.9 Å². The van der Waals surface area contributed by atoms with Crippen molar-refractivity contribution in [1.82, 2.24) is 4.90 Å². The highest BCUT2D eigenvalue weighted by Gasteiger charge is 2.32. The SMILES string of the molecule is CC(=O)CC1=CCC=C(C2=C(C)c3cc(C4=CC=C4)ccc3OC2c2ccc(OCCN3CC(CF)C3)cc2)C1.[HH]. The van der Waals surface area contributed by atoms with E-state index >= 15 is 0 Å². The van der Waals surface area contributed by atoms with E-state index < -0.39 is 0 Å². The first kappa shape index (κ1) is 26.5. The summed E-state index contributed by atoms with van der Waals surface area (Å²) < 4.78 is 25.4. The van der Waals surface area contributed by atoms with Gasteiger partial charge >= 0.3 is 0 Å². The van der Waals surface area contributed by atoms with Gasteiger partial charge in [0.2, 0.25) is 0 Å². The number of ether oxygens (including phenoxy) is 2. The van der Waals surface area contributed by atoms with Crippen molar-refractivity contribution in [3.63, 3.8) is 0 Å². The lowest BCUT2D eigenvalue weighted by molar-refractivity contribution is -0.116. The second-order valence-corrected chi connectivity index (χ2v) is 11.3. The van der Waals surface area contributed by atoms with Crippen molar-refractivity contribution in [2.45, 2.75) is 39.2 Å². The molecule has 0 N–H and O–H groups in total. The third kappa shape index (κ3) is 5.48. The van der Waals surface area contributed by atoms with Crippen molar-refractivity contribution >= 4 is 16.9 Å². The Hall–Kier alpha value is -3.70. The van der Waals surface area contributed by atoms with Gasteiger partial charge in [0, 0.05) is 44.5 Å². The first-order valence-electron chi connectivity index (χ1n) is 14.3. The largest absolute Gasteiger partial charge is 0.492 e. The van der Waals surface area contributed by atoms with Gasteiger partial charge in [-0.05, 0) is 78.8 Å². The predicted molar refractivity (Wildman–Crippen MR) is 160 cm³/mol. The first-order valence-corrected chi connectivity index (χ1v) is 14.3. The summed E-state index contributed by atoms with van der Waals surface area (Å²) in [5, 5.41) is 0. The maximum absolute atomic E-state index is 12.7. The Morgan fingerprint density at radius 2 is 1.95 bits per heavy atom. The molecular formula is C35H38FNO3. The van der Waals surface area contributed by atoms with E-state index in [1.54, 1.807) is 6.92 Å². The Labute approximate surface area is 237 Å². The van der Waals surface area contributed by atoms with E-state index in [0.29, 0.717) is 13.0 Å². The van der Waals surface area contributed by atoms with Crippen LogP contribution in [0.2, 0.25) is 0 Å². The molecule has 2 heterocycles. The number of carbonyl (C=O) groups excluding carboxylic acids is 1. The molecule has 4 aliphatic rings. The van der Waals surface area contributed by atoms with Gasteiger partial charge in [0.25, 0.3) is 0 Å². The summed E-state index contributed by atoms with van der Waals surface area (Å²) in [7, 11) is 0. The minimum Gasteiger partial charge on any atom is -0.492 e. The van der Waals surface area contributed by atoms with Crippen molar-refractivity contribution in [3.8, 4) is 11.5 Å². The molecule has 0 aromatic heterocycles. The number of likely N-dealkylation sites (tertiary alicyclic amines) is 1. The Morgan fingerprint density at radius 1 is 1.15 bits per heavy atom. The van der Waals surface area contributed by atoms with E-state index in [0.717, 1.165) is 55.1 Å². The van der Waals surface area contributed by atoms with Crippen LogP contribution in [0.4, 0.5) is 4.39 Å². The van der Waals surface area contributed by atoms with Crippen LogP contribution in [0.1, 0.15) is 57.3 Å². The highest BCUT2D eigenvalue weighted by molar-refractivity contribution is 5.86. The van der Waals surface area contributed by atoms with Crippen LogP contribution in [0.25, 0.3) is 11.1 Å². The van der Waals surface area contributed by atoms with Gasteiger partial charge in [-0.15, -0.1) is 0 Å². The number of hydrogen-bond donors (Lipinski definition) is 0. The zero-order chi connectivity index (χ0) is 27.6. The maximum atomic E-state index is 12.7. The second-order valence-electron chi connectivity index (χ2n) is 11.3. The fourth-order valence-corrected chi connectivity index (χ4v) is 6.07. The van der Waals surface area contributed by atoms with Crippen LogP contribution in [-0.2, 0) is 4.79 Å². The van der Waals surface area contributed by atoms with Crippen LogP contribution in [0.15, 0.2) is 89.6 Å². The molecule has 0 radical (unpaired) electrons. The topological polar surface area (TPSA) is 38.8 Å². The molecule has 5 heteroatoms. The van der Waals surface area contributed by atoms with E-state index in [9.17, 15) is 9.18 Å². The smallest absolute Gasteiger partial charge is 0.149 e. The van der Waals surface area contributed by atoms with Crippen LogP contribution in [0.3, 0.4) is 0 Å². The number of hydrogen-bond acceptors (Lipinski definition) is 4. The normalized spacial score (nSPS) is 20.5. The van der Waals surface area contributed by atoms with Crippen molar-refractivity contribution in [3.05, 3.63) is 106 Å². The monoisotopic (exact) mass is 539 g/mol. The minimum atomic E-state index is -0.253. The summed E-state index contributed by atoms with van der Waals surface area (Å²) in [4.78, 5) is 14.1. The number of fused-ring (bicyclic) bond motifs is 1. The number of benzene rings is 2. The zero-order valence-corrected chi connectivity index (χ0v) is 23.3. The summed E-state index contributed by atoms with van der Waals surface area (Å²) in [5.41, 5.74) is 9.43. The number of alkyl halides is 1. The van der Waals surface area contributed by atoms with Crippen molar-refractivity contribution in [1.29, 1.82) is 0 Å². The number of allylic oxidation sites excluding steroid dienone is 8. The molecule has 2 aliphatic carbocycles. The van der Waals surface area contributed by atoms with Gasteiger partial charge < -0.3 is 9.47 Å². The highest BCUT2D eigenvalue weighted by Crippen LogP contribution is 2.48. The maximum Gasteiger partial charge on any atom is 0.149 e. The summed E-state index contributed by atoms with van der Waals surface area (Å²) in [6.07, 6.45) is 12.6. The number of rotatable bonds is 10. The van der Waals surface area contributed by atoms with Crippen LogP contribution < -0.4 is 9.47 Å². The summed E-state index contributed by atoms with van der Waals surface area (Å²) in [6, 6.07) is 14.7. The third-order valence-corrected chi connectivity index (χ3v) is 8.30. The molecule has 1 saturated heterocycles. The van der Waals surface area contributed by atoms with E-state index in [4.69, 9.17) is 9.47 Å². The standard InChI is InChI=1S/C35H36FNO3.H2/c1-23(38)17-25-5-3-8-30(18-25)34-24(2)32-19-29(27-6-4-7-27)11-14-33(32)40-35(34)28-9-12-31(13-10-28)39-16-15-37-21-26(20-36)22-37;/h4-14,19,26,35H,3,15-18,20-22H2,1-2H3;1H. The summed E-state index contributed by atoms with van der Waals surface area (Å²) in [6.45, 7) is 6.66.